The second-order valence-electron chi connectivity index (χ2n) is 0.894. The Hall–Kier alpha value is 0.800. The number of hydrogen-bond donors (Lipinski definition) is 4. The molecule has 0 aromatic heterocycles. The molecule has 0 bridgehead atoms. The number of aliphatic hydroxyl groups is 4. The standard InChI is InChI=1S/2C2H6O2.Na.H2O/c2*3-1-2-4;;/h2*3-4H,1-2H2;;1H2/q;;+1;/p-1. The van der Waals surface area contributed by atoms with Crippen molar-refractivity contribution < 1.29 is 55.5 Å². The van der Waals surface area contributed by atoms with Crippen molar-refractivity contribution in [2.45, 2.75) is 0 Å². The van der Waals surface area contributed by atoms with Crippen LogP contribution in [0.25, 0.3) is 0 Å². The summed E-state index contributed by atoms with van der Waals surface area (Å²) in [5.41, 5.74) is 0. The molecule has 0 atom stereocenters. The normalized spacial score (nSPS) is 6.00. The van der Waals surface area contributed by atoms with E-state index in [0.29, 0.717) is 0 Å². The van der Waals surface area contributed by atoms with Crippen LogP contribution in [0.5, 0.6) is 0 Å². The van der Waals surface area contributed by atoms with E-state index in [1.54, 1.807) is 0 Å². The van der Waals surface area contributed by atoms with Gasteiger partial charge in [0, 0.05) is 0 Å². The maximum absolute atomic E-state index is 7.62. The minimum absolute atomic E-state index is 0. The van der Waals surface area contributed by atoms with Crippen molar-refractivity contribution in [1.29, 1.82) is 0 Å². The molecule has 0 spiro atoms. The average molecular weight is 164 g/mol. The molecule has 0 aromatic carbocycles. The molecule has 0 radical (unpaired) electrons. The van der Waals surface area contributed by atoms with Crippen molar-refractivity contribution in [1.82, 2.24) is 0 Å². The summed E-state index contributed by atoms with van der Waals surface area (Å²) in [5.74, 6) is 0. The molecule has 5 N–H and O–H groups in total. The summed E-state index contributed by atoms with van der Waals surface area (Å²) in [6.07, 6.45) is 0. The van der Waals surface area contributed by atoms with Crippen molar-refractivity contribution in [2.24, 2.45) is 0 Å². The van der Waals surface area contributed by atoms with E-state index in [0.717, 1.165) is 0 Å². The second kappa shape index (κ2) is 32.9. The summed E-state index contributed by atoms with van der Waals surface area (Å²) < 4.78 is 0. The third-order valence-corrected chi connectivity index (χ3v) is 0.200. The van der Waals surface area contributed by atoms with Gasteiger partial charge in [-0.3, -0.25) is 0 Å². The maximum atomic E-state index is 7.62. The summed E-state index contributed by atoms with van der Waals surface area (Å²) in [5, 5.41) is 30.5. The minimum Gasteiger partial charge on any atom is -0.870 e. The van der Waals surface area contributed by atoms with Gasteiger partial charge in [0.25, 0.3) is 0 Å². The van der Waals surface area contributed by atoms with Gasteiger partial charge in [0.05, 0.1) is 26.4 Å². The van der Waals surface area contributed by atoms with Crippen LogP contribution in [0.1, 0.15) is 0 Å². The molecule has 6 heteroatoms. The fourth-order valence-electron chi connectivity index (χ4n) is 0. The first kappa shape index (κ1) is 22.4. The van der Waals surface area contributed by atoms with Crippen LogP contribution in [-0.2, 0) is 0 Å². The van der Waals surface area contributed by atoms with E-state index in [1.165, 1.54) is 0 Å². The van der Waals surface area contributed by atoms with Crippen LogP contribution in [-0.4, -0.2) is 52.3 Å². The molecular formula is C4H13NaO5. The van der Waals surface area contributed by atoms with E-state index in [4.69, 9.17) is 20.4 Å². The zero-order chi connectivity index (χ0) is 6.83. The van der Waals surface area contributed by atoms with Gasteiger partial charge >= 0.3 is 29.6 Å². The van der Waals surface area contributed by atoms with E-state index < -0.39 is 0 Å². The van der Waals surface area contributed by atoms with Crippen LogP contribution >= 0.6 is 0 Å². The van der Waals surface area contributed by atoms with Crippen molar-refractivity contribution in [3.05, 3.63) is 0 Å². The summed E-state index contributed by atoms with van der Waals surface area (Å²) in [4.78, 5) is 0. The maximum Gasteiger partial charge on any atom is 1.00 e. The Morgan fingerprint density at radius 3 is 0.700 bits per heavy atom. The third kappa shape index (κ3) is 68.3. The zero-order valence-electron chi connectivity index (χ0n) is 6.06. The van der Waals surface area contributed by atoms with Gasteiger partial charge in [-0.15, -0.1) is 0 Å². The Labute approximate surface area is 81.9 Å². The summed E-state index contributed by atoms with van der Waals surface area (Å²) in [6, 6.07) is 0. The SMILES string of the molecule is OCCO.OCCO.[Na+].[OH-]. The van der Waals surface area contributed by atoms with Crippen molar-refractivity contribution in [2.75, 3.05) is 26.4 Å². The quantitative estimate of drug-likeness (QED) is 0.305. The monoisotopic (exact) mass is 164 g/mol. The van der Waals surface area contributed by atoms with Gasteiger partial charge in [-0.05, 0) is 0 Å². The molecule has 0 saturated heterocycles. The molecule has 0 aliphatic carbocycles. The Morgan fingerprint density at radius 1 is 0.600 bits per heavy atom. The summed E-state index contributed by atoms with van der Waals surface area (Å²) in [6.45, 7) is -0.500. The molecule has 0 heterocycles. The van der Waals surface area contributed by atoms with Crippen molar-refractivity contribution in [3.8, 4) is 0 Å². The molecule has 0 fully saturated rings. The molecule has 5 nitrogen and oxygen atoms in total. The number of hydrogen-bond acceptors (Lipinski definition) is 5. The zero-order valence-corrected chi connectivity index (χ0v) is 8.06. The van der Waals surface area contributed by atoms with E-state index in [2.05, 4.69) is 0 Å². The molecule has 0 aliphatic rings. The molecule has 0 aliphatic heterocycles. The van der Waals surface area contributed by atoms with E-state index in [-0.39, 0.29) is 61.5 Å². The van der Waals surface area contributed by atoms with E-state index in [9.17, 15) is 0 Å². The molecule has 0 aromatic rings. The third-order valence-electron chi connectivity index (χ3n) is 0.200. The first-order valence-electron chi connectivity index (χ1n) is 2.26. The number of rotatable bonds is 2. The predicted molar refractivity (Wildman–Crippen MR) is 30.3 cm³/mol. The van der Waals surface area contributed by atoms with Gasteiger partial charge < -0.3 is 25.9 Å². The molecule has 0 amide bonds. The van der Waals surface area contributed by atoms with Gasteiger partial charge in [-0.25, -0.2) is 0 Å². The van der Waals surface area contributed by atoms with E-state index >= 15 is 0 Å². The summed E-state index contributed by atoms with van der Waals surface area (Å²) in [7, 11) is 0. The van der Waals surface area contributed by atoms with Crippen LogP contribution < -0.4 is 29.6 Å². The van der Waals surface area contributed by atoms with Crippen LogP contribution in [0.2, 0.25) is 0 Å². The number of aliphatic hydroxyl groups excluding tert-OH is 4. The predicted octanol–water partition coefficient (Wildman–Crippen LogP) is -5.23. The Morgan fingerprint density at radius 2 is 0.700 bits per heavy atom. The first-order valence-corrected chi connectivity index (χ1v) is 2.26. The molecule has 10 heavy (non-hydrogen) atoms. The smallest absolute Gasteiger partial charge is 0.870 e. The van der Waals surface area contributed by atoms with Crippen molar-refractivity contribution >= 4 is 0 Å². The minimum atomic E-state index is -0.125. The van der Waals surface area contributed by atoms with Crippen LogP contribution in [0.3, 0.4) is 0 Å². The van der Waals surface area contributed by atoms with Crippen LogP contribution in [0.15, 0.2) is 0 Å². The summed E-state index contributed by atoms with van der Waals surface area (Å²) >= 11 is 0. The molecule has 0 unspecified atom stereocenters. The fraction of sp³-hybridized carbons (Fsp3) is 1.00. The fourth-order valence-corrected chi connectivity index (χ4v) is 0. The molecule has 0 rings (SSSR count). The Balaban J connectivity index is -0.0000000300. The van der Waals surface area contributed by atoms with Crippen LogP contribution in [0, 0.1) is 0 Å². The largest absolute Gasteiger partial charge is 1.00 e. The second-order valence-corrected chi connectivity index (χ2v) is 0.894. The molecule has 60 valence electrons. The van der Waals surface area contributed by atoms with Gasteiger partial charge in [-0.1, -0.05) is 0 Å². The van der Waals surface area contributed by atoms with Gasteiger partial charge in [0.15, 0.2) is 0 Å². The van der Waals surface area contributed by atoms with Gasteiger partial charge in [-0.2, -0.15) is 0 Å². The average Bonchev–Trinajstić information content (AvgIpc) is 1.88. The first-order chi connectivity index (χ1) is 3.83. The topological polar surface area (TPSA) is 111 Å². The van der Waals surface area contributed by atoms with Gasteiger partial charge in [0.2, 0.25) is 0 Å². The van der Waals surface area contributed by atoms with E-state index in [1.807, 2.05) is 0 Å². The van der Waals surface area contributed by atoms with Gasteiger partial charge in [0.1, 0.15) is 0 Å². The van der Waals surface area contributed by atoms with Crippen LogP contribution in [0.4, 0.5) is 0 Å². The van der Waals surface area contributed by atoms with Crippen molar-refractivity contribution in [3.63, 3.8) is 0 Å². The Kier molecular flexibility index (Phi) is 73.9. The Bertz CT molecular complexity index is 21.6. The molecule has 0 saturated carbocycles. The molecular weight excluding hydrogens is 151 g/mol.